The van der Waals surface area contributed by atoms with Gasteiger partial charge in [0.05, 0.1) is 0 Å². The molecule has 1 saturated heterocycles. The second-order valence-corrected chi connectivity index (χ2v) is 7.31. The van der Waals surface area contributed by atoms with Gasteiger partial charge < -0.3 is 4.74 Å². The second kappa shape index (κ2) is 5.84. The van der Waals surface area contributed by atoms with Crippen molar-refractivity contribution in [3.05, 3.63) is 108 Å². The number of carbonyl (C=O) groups is 1. The Bertz CT molecular complexity index is 920. The molecule has 5 rings (SSSR count). The van der Waals surface area contributed by atoms with Gasteiger partial charge in [-0.25, -0.2) is 0 Å². The van der Waals surface area contributed by atoms with Gasteiger partial charge in [0.15, 0.2) is 5.60 Å². The topological polar surface area (TPSA) is 26.3 Å². The average molecular weight is 340 g/mol. The summed E-state index contributed by atoms with van der Waals surface area (Å²) in [5, 5.41) is 0. The molecule has 2 aliphatic rings. The highest BCUT2D eigenvalue weighted by Crippen LogP contribution is 2.65. The first kappa shape index (κ1) is 15.4. The fourth-order valence-corrected chi connectivity index (χ4v) is 4.93. The van der Waals surface area contributed by atoms with E-state index in [2.05, 4.69) is 60.7 Å². The summed E-state index contributed by atoms with van der Waals surface area (Å²) in [6.45, 7) is 0. The molecule has 3 aromatic rings. The van der Waals surface area contributed by atoms with Crippen LogP contribution in [0, 0.1) is 5.92 Å². The summed E-state index contributed by atoms with van der Waals surface area (Å²) in [6.07, 6.45) is 0.830. The molecule has 0 N–H and O–H groups in total. The second-order valence-electron chi connectivity index (χ2n) is 7.31. The van der Waals surface area contributed by atoms with Crippen LogP contribution >= 0.6 is 0 Å². The maximum Gasteiger partial charge on any atom is 0.314 e. The number of esters is 1. The molecule has 0 radical (unpaired) electrons. The van der Waals surface area contributed by atoms with Crippen molar-refractivity contribution in [1.82, 2.24) is 0 Å². The fraction of sp³-hybridized carbons (Fsp3) is 0.208. The van der Waals surface area contributed by atoms with Crippen molar-refractivity contribution in [2.75, 3.05) is 0 Å². The average Bonchev–Trinajstić information content (AvgIpc) is 3.00. The molecule has 4 atom stereocenters. The number of rotatable bonds is 3. The molecule has 1 heterocycles. The Kier molecular flexibility index (Phi) is 3.46. The lowest BCUT2D eigenvalue weighted by molar-refractivity contribution is -0.211. The van der Waals surface area contributed by atoms with E-state index in [0.29, 0.717) is 0 Å². The molecular formula is C24H20O2. The maximum atomic E-state index is 12.6. The van der Waals surface area contributed by atoms with Gasteiger partial charge in [-0.15, -0.1) is 0 Å². The third-order valence-corrected chi connectivity index (χ3v) is 6.03. The van der Waals surface area contributed by atoms with Crippen LogP contribution in [0.5, 0.6) is 0 Å². The SMILES string of the molecule is O=C1O[C@]2(c3ccccc3)C[C@H](c3ccccc3)[C@@H](c3ccccc3)C12. The van der Waals surface area contributed by atoms with E-state index in [9.17, 15) is 4.79 Å². The van der Waals surface area contributed by atoms with Gasteiger partial charge >= 0.3 is 5.97 Å². The van der Waals surface area contributed by atoms with Crippen molar-refractivity contribution in [3.8, 4) is 0 Å². The van der Waals surface area contributed by atoms with Crippen LogP contribution in [0.3, 0.4) is 0 Å². The standard InChI is InChI=1S/C24H20O2/c25-23-22-21(18-12-6-2-7-13-18)20(17-10-4-1-5-11-17)16-24(22,26-23)19-14-8-3-9-15-19/h1-15,20-22H,16H2/t20-,21-,22?,24+/m1/s1. The van der Waals surface area contributed by atoms with Gasteiger partial charge in [0, 0.05) is 5.92 Å². The summed E-state index contributed by atoms with van der Waals surface area (Å²) in [5.41, 5.74) is 3.12. The minimum absolute atomic E-state index is 0.0684. The van der Waals surface area contributed by atoms with Gasteiger partial charge in [-0.2, -0.15) is 0 Å². The third-order valence-electron chi connectivity index (χ3n) is 6.03. The van der Waals surface area contributed by atoms with Gasteiger partial charge in [-0.05, 0) is 29.0 Å². The van der Waals surface area contributed by atoms with E-state index in [1.807, 2.05) is 30.3 Å². The molecule has 1 aliphatic carbocycles. The van der Waals surface area contributed by atoms with E-state index in [1.165, 1.54) is 11.1 Å². The Morgan fingerprint density at radius 2 is 1.27 bits per heavy atom. The minimum atomic E-state index is -0.501. The number of fused-ring (bicyclic) bond motifs is 1. The van der Waals surface area contributed by atoms with Gasteiger partial charge in [-0.3, -0.25) is 4.79 Å². The van der Waals surface area contributed by atoms with Crippen LogP contribution < -0.4 is 0 Å². The lowest BCUT2D eigenvalue weighted by Gasteiger charge is -2.45. The molecule has 128 valence electrons. The molecule has 2 nitrogen and oxygen atoms in total. The molecular weight excluding hydrogens is 320 g/mol. The highest BCUT2D eigenvalue weighted by Gasteiger charge is 2.67. The zero-order chi connectivity index (χ0) is 17.6. The highest BCUT2D eigenvalue weighted by atomic mass is 16.6. The molecule has 1 saturated carbocycles. The van der Waals surface area contributed by atoms with Gasteiger partial charge in [0.25, 0.3) is 0 Å². The molecule has 1 aliphatic heterocycles. The van der Waals surface area contributed by atoms with Crippen molar-refractivity contribution in [2.45, 2.75) is 23.9 Å². The van der Waals surface area contributed by atoms with Crippen LogP contribution in [-0.4, -0.2) is 5.97 Å². The first-order valence-electron chi connectivity index (χ1n) is 9.18. The van der Waals surface area contributed by atoms with Gasteiger partial charge in [-0.1, -0.05) is 91.0 Å². The van der Waals surface area contributed by atoms with E-state index < -0.39 is 5.60 Å². The van der Waals surface area contributed by atoms with E-state index in [-0.39, 0.29) is 23.7 Å². The molecule has 2 heteroatoms. The third kappa shape index (κ3) is 2.15. The lowest BCUT2D eigenvalue weighted by Crippen LogP contribution is -2.53. The molecule has 3 aromatic carbocycles. The summed E-state index contributed by atoms with van der Waals surface area (Å²) >= 11 is 0. The minimum Gasteiger partial charge on any atom is -0.453 e. The number of benzene rings is 3. The predicted molar refractivity (Wildman–Crippen MR) is 101 cm³/mol. The summed E-state index contributed by atoms with van der Waals surface area (Å²) in [6, 6.07) is 31.2. The van der Waals surface area contributed by atoms with E-state index in [1.54, 1.807) is 0 Å². The zero-order valence-corrected chi connectivity index (χ0v) is 14.4. The van der Waals surface area contributed by atoms with E-state index >= 15 is 0 Å². The van der Waals surface area contributed by atoms with Crippen LogP contribution in [0.15, 0.2) is 91.0 Å². The monoisotopic (exact) mass is 340 g/mol. The molecule has 0 amide bonds. The van der Waals surface area contributed by atoms with Gasteiger partial charge in [0.2, 0.25) is 0 Å². The molecule has 0 aromatic heterocycles. The number of carbonyl (C=O) groups excluding carboxylic acids is 1. The van der Waals surface area contributed by atoms with Crippen LogP contribution in [0.4, 0.5) is 0 Å². The predicted octanol–water partition coefficient (Wildman–Crippen LogP) is 5.03. The summed E-state index contributed by atoms with van der Waals surface area (Å²) in [4.78, 5) is 12.6. The smallest absolute Gasteiger partial charge is 0.314 e. The summed E-state index contributed by atoms with van der Waals surface area (Å²) in [5.74, 6) is 0.203. The molecule has 0 bridgehead atoms. The Labute approximate surface area is 153 Å². The van der Waals surface area contributed by atoms with Crippen molar-refractivity contribution in [2.24, 2.45) is 5.92 Å². The molecule has 26 heavy (non-hydrogen) atoms. The lowest BCUT2D eigenvalue weighted by atomic mass is 9.73. The van der Waals surface area contributed by atoms with Crippen LogP contribution in [0.2, 0.25) is 0 Å². The molecule has 2 fully saturated rings. The quantitative estimate of drug-likeness (QED) is 0.625. The first-order chi connectivity index (χ1) is 12.8. The maximum absolute atomic E-state index is 12.6. The van der Waals surface area contributed by atoms with Crippen molar-refractivity contribution < 1.29 is 9.53 Å². The fourth-order valence-electron chi connectivity index (χ4n) is 4.93. The molecule has 1 unspecified atom stereocenters. The number of hydrogen-bond donors (Lipinski definition) is 0. The Hall–Kier alpha value is -2.87. The summed E-state index contributed by atoms with van der Waals surface area (Å²) in [7, 11) is 0. The summed E-state index contributed by atoms with van der Waals surface area (Å²) < 4.78 is 5.90. The normalized spacial score (nSPS) is 29.5. The first-order valence-corrected chi connectivity index (χ1v) is 9.18. The zero-order valence-electron chi connectivity index (χ0n) is 14.4. The highest BCUT2D eigenvalue weighted by molar-refractivity contribution is 5.84. The number of hydrogen-bond acceptors (Lipinski definition) is 2. The number of ether oxygens (including phenoxy) is 1. The van der Waals surface area contributed by atoms with Crippen molar-refractivity contribution in [1.29, 1.82) is 0 Å². The largest absolute Gasteiger partial charge is 0.453 e. The Balaban J connectivity index is 1.66. The molecule has 0 spiro atoms. The van der Waals surface area contributed by atoms with Crippen LogP contribution in [0.1, 0.15) is 34.9 Å². The van der Waals surface area contributed by atoms with Crippen LogP contribution in [0.25, 0.3) is 0 Å². The van der Waals surface area contributed by atoms with Crippen LogP contribution in [-0.2, 0) is 15.1 Å². The van der Waals surface area contributed by atoms with Crippen molar-refractivity contribution >= 4 is 5.97 Å². The Morgan fingerprint density at radius 3 is 1.85 bits per heavy atom. The Morgan fingerprint density at radius 1 is 0.731 bits per heavy atom. The van der Waals surface area contributed by atoms with Gasteiger partial charge in [0.1, 0.15) is 5.92 Å². The van der Waals surface area contributed by atoms with Crippen molar-refractivity contribution in [3.63, 3.8) is 0 Å². The van der Waals surface area contributed by atoms with E-state index in [4.69, 9.17) is 4.74 Å². The van der Waals surface area contributed by atoms with E-state index in [0.717, 1.165) is 12.0 Å².